The average molecular weight is 461 g/mol. The maximum Gasteiger partial charge on any atom is 0.303 e. The van der Waals surface area contributed by atoms with Crippen molar-refractivity contribution in [3.8, 4) is 11.3 Å². The summed E-state index contributed by atoms with van der Waals surface area (Å²) in [5, 5.41) is 11.6. The van der Waals surface area contributed by atoms with Gasteiger partial charge in [0.2, 0.25) is 0 Å². The van der Waals surface area contributed by atoms with E-state index < -0.39 is 11.8 Å². The van der Waals surface area contributed by atoms with Gasteiger partial charge >= 0.3 is 5.97 Å². The zero-order valence-corrected chi connectivity index (χ0v) is 18.1. The highest BCUT2D eigenvalue weighted by molar-refractivity contribution is 6.06. The number of rotatable bonds is 8. The van der Waals surface area contributed by atoms with Crippen LogP contribution in [0.3, 0.4) is 0 Å². The summed E-state index contributed by atoms with van der Waals surface area (Å²) in [6.07, 6.45) is 1.61. The number of aliphatic carboxylic acids is 1. The quantitative estimate of drug-likeness (QED) is 0.332. The monoisotopic (exact) mass is 461 g/mol. The van der Waals surface area contributed by atoms with Crippen LogP contribution in [0.1, 0.15) is 35.3 Å². The number of amides is 1. The number of carboxylic acids is 1. The lowest BCUT2D eigenvalue weighted by molar-refractivity contribution is -0.137. The van der Waals surface area contributed by atoms with Crippen LogP contribution < -0.4 is 5.32 Å². The minimum Gasteiger partial charge on any atom is -0.481 e. The number of aryl methyl sites for hydroxylation is 1. The highest BCUT2D eigenvalue weighted by atomic mass is 19.1. The Labute approximate surface area is 194 Å². The van der Waals surface area contributed by atoms with Gasteiger partial charge in [-0.25, -0.2) is 18.7 Å². The molecule has 6 nitrogen and oxygen atoms in total. The first-order chi connectivity index (χ1) is 16.4. The van der Waals surface area contributed by atoms with Crippen LogP contribution in [0.4, 0.5) is 14.5 Å². The SMILES string of the molecule is O=C(O)CCCCc1nc2cc(C(=O)Nc3ccc(F)cc3)ccc2nc1-c1ccc(F)cc1. The number of benzene rings is 3. The van der Waals surface area contributed by atoms with Crippen molar-refractivity contribution in [2.24, 2.45) is 0 Å². The summed E-state index contributed by atoms with van der Waals surface area (Å²) < 4.78 is 26.5. The number of halogens is 2. The van der Waals surface area contributed by atoms with Crippen molar-refractivity contribution >= 4 is 28.6 Å². The molecule has 1 heterocycles. The van der Waals surface area contributed by atoms with E-state index in [0.29, 0.717) is 58.5 Å². The molecule has 0 bridgehead atoms. The van der Waals surface area contributed by atoms with Crippen LogP contribution >= 0.6 is 0 Å². The fourth-order valence-corrected chi connectivity index (χ4v) is 3.55. The highest BCUT2D eigenvalue weighted by Gasteiger charge is 2.14. The lowest BCUT2D eigenvalue weighted by atomic mass is 10.0. The zero-order valence-electron chi connectivity index (χ0n) is 18.1. The molecule has 0 aliphatic rings. The van der Waals surface area contributed by atoms with E-state index >= 15 is 0 Å². The molecular weight excluding hydrogens is 440 g/mol. The molecule has 2 N–H and O–H groups in total. The normalized spacial score (nSPS) is 10.9. The Morgan fingerprint density at radius 3 is 2.18 bits per heavy atom. The van der Waals surface area contributed by atoms with Crippen molar-refractivity contribution in [2.45, 2.75) is 25.7 Å². The maximum absolute atomic E-state index is 13.4. The van der Waals surface area contributed by atoms with Crippen molar-refractivity contribution in [3.05, 3.63) is 89.6 Å². The number of carbonyl (C=O) groups excluding carboxylic acids is 1. The third kappa shape index (κ3) is 5.58. The van der Waals surface area contributed by atoms with E-state index in [-0.39, 0.29) is 18.1 Å². The first-order valence-electron chi connectivity index (χ1n) is 10.7. The van der Waals surface area contributed by atoms with Crippen LogP contribution in [0.25, 0.3) is 22.3 Å². The van der Waals surface area contributed by atoms with E-state index in [1.165, 1.54) is 36.4 Å². The van der Waals surface area contributed by atoms with Crippen molar-refractivity contribution in [2.75, 3.05) is 5.32 Å². The lowest BCUT2D eigenvalue weighted by Crippen LogP contribution is -2.12. The number of anilines is 1. The number of nitrogens with one attached hydrogen (secondary N) is 1. The van der Waals surface area contributed by atoms with E-state index in [1.807, 2.05) is 0 Å². The summed E-state index contributed by atoms with van der Waals surface area (Å²) in [5.41, 5.74) is 3.81. The largest absolute Gasteiger partial charge is 0.481 e. The minimum absolute atomic E-state index is 0.0561. The first-order valence-corrected chi connectivity index (χ1v) is 10.7. The Morgan fingerprint density at radius 1 is 0.824 bits per heavy atom. The molecule has 4 aromatic rings. The molecule has 0 aliphatic heterocycles. The Balaban J connectivity index is 1.65. The van der Waals surface area contributed by atoms with Crippen LogP contribution in [-0.2, 0) is 11.2 Å². The fraction of sp³-hybridized carbons (Fsp3) is 0.154. The summed E-state index contributed by atoms with van der Waals surface area (Å²) in [5.74, 6) is -2.00. The molecule has 1 aromatic heterocycles. The van der Waals surface area contributed by atoms with E-state index in [0.717, 1.165) is 0 Å². The average Bonchev–Trinajstić information content (AvgIpc) is 2.83. The van der Waals surface area contributed by atoms with E-state index in [9.17, 15) is 18.4 Å². The first kappa shape index (κ1) is 23.0. The van der Waals surface area contributed by atoms with E-state index in [2.05, 4.69) is 5.32 Å². The van der Waals surface area contributed by atoms with Crippen molar-refractivity contribution in [1.29, 1.82) is 0 Å². The molecule has 0 aliphatic carbocycles. The molecule has 0 radical (unpaired) electrons. The number of carbonyl (C=O) groups is 2. The number of aromatic nitrogens is 2. The summed E-state index contributed by atoms with van der Waals surface area (Å²) >= 11 is 0. The molecule has 0 spiro atoms. The summed E-state index contributed by atoms with van der Waals surface area (Å²) in [4.78, 5) is 32.9. The van der Waals surface area contributed by atoms with Gasteiger partial charge in [0.15, 0.2) is 0 Å². The summed E-state index contributed by atoms with van der Waals surface area (Å²) in [7, 11) is 0. The van der Waals surface area contributed by atoms with Crippen molar-refractivity contribution < 1.29 is 23.5 Å². The Hall–Kier alpha value is -4.20. The van der Waals surface area contributed by atoms with E-state index in [4.69, 9.17) is 15.1 Å². The molecule has 3 aromatic carbocycles. The van der Waals surface area contributed by atoms with Crippen LogP contribution in [0, 0.1) is 11.6 Å². The third-order valence-corrected chi connectivity index (χ3v) is 5.27. The second-order valence-electron chi connectivity index (χ2n) is 7.79. The Morgan fingerprint density at radius 2 is 1.50 bits per heavy atom. The summed E-state index contributed by atoms with van der Waals surface area (Å²) in [6, 6.07) is 16.3. The minimum atomic E-state index is -0.861. The van der Waals surface area contributed by atoms with Gasteiger partial charge in [-0.3, -0.25) is 9.59 Å². The van der Waals surface area contributed by atoms with Crippen LogP contribution in [0.5, 0.6) is 0 Å². The van der Waals surface area contributed by atoms with Gasteiger partial charge in [-0.1, -0.05) is 0 Å². The lowest BCUT2D eigenvalue weighted by Gasteiger charge is -2.11. The molecule has 8 heteroatoms. The number of carboxylic acid groups (broad SMARTS) is 1. The Kier molecular flexibility index (Phi) is 6.87. The van der Waals surface area contributed by atoms with E-state index in [1.54, 1.807) is 30.3 Å². The molecule has 1 amide bonds. The van der Waals surface area contributed by atoms with Gasteiger partial charge in [-0.2, -0.15) is 0 Å². The second-order valence-corrected chi connectivity index (χ2v) is 7.79. The molecule has 0 atom stereocenters. The van der Waals surface area contributed by atoms with Gasteiger partial charge in [0, 0.05) is 23.2 Å². The highest BCUT2D eigenvalue weighted by Crippen LogP contribution is 2.26. The smallest absolute Gasteiger partial charge is 0.303 e. The van der Waals surface area contributed by atoms with Crippen molar-refractivity contribution in [3.63, 3.8) is 0 Å². The maximum atomic E-state index is 13.4. The molecule has 172 valence electrons. The van der Waals surface area contributed by atoms with Crippen LogP contribution in [-0.4, -0.2) is 27.0 Å². The predicted molar refractivity (Wildman–Crippen MR) is 124 cm³/mol. The standard InChI is InChI=1S/C26H21F2N3O3/c27-18-8-5-16(6-9-18)25-22(3-1-2-4-24(32)33)30-23-15-17(7-14-21(23)31-25)26(34)29-20-12-10-19(28)11-13-20/h5-15H,1-4H2,(H,29,34)(H,32,33). The fourth-order valence-electron chi connectivity index (χ4n) is 3.55. The third-order valence-electron chi connectivity index (χ3n) is 5.27. The van der Waals surface area contributed by atoms with Crippen LogP contribution in [0.2, 0.25) is 0 Å². The number of hydrogen-bond acceptors (Lipinski definition) is 4. The number of fused-ring (bicyclic) bond motifs is 1. The molecule has 0 saturated heterocycles. The second kappa shape index (κ2) is 10.2. The van der Waals surface area contributed by atoms with Crippen LogP contribution in [0.15, 0.2) is 66.7 Å². The Bertz CT molecular complexity index is 1340. The van der Waals surface area contributed by atoms with Gasteiger partial charge in [0.05, 0.1) is 22.4 Å². The molecular formula is C26H21F2N3O3. The number of hydrogen-bond donors (Lipinski definition) is 2. The number of nitrogens with zero attached hydrogens (tertiary/aromatic N) is 2. The van der Waals surface area contributed by atoms with Gasteiger partial charge in [0.1, 0.15) is 11.6 Å². The molecule has 0 saturated carbocycles. The molecule has 0 fully saturated rings. The van der Waals surface area contributed by atoms with Gasteiger partial charge < -0.3 is 10.4 Å². The van der Waals surface area contributed by atoms with Gasteiger partial charge in [0.25, 0.3) is 5.91 Å². The topological polar surface area (TPSA) is 92.2 Å². The van der Waals surface area contributed by atoms with Gasteiger partial charge in [-0.05, 0) is 86.0 Å². The molecule has 0 unspecified atom stereocenters. The summed E-state index contributed by atoms with van der Waals surface area (Å²) in [6.45, 7) is 0. The predicted octanol–water partition coefficient (Wildman–Crippen LogP) is 5.62. The molecule has 4 rings (SSSR count). The van der Waals surface area contributed by atoms with Gasteiger partial charge in [-0.15, -0.1) is 0 Å². The number of unbranched alkanes of at least 4 members (excludes halogenated alkanes) is 1. The van der Waals surface area contributed by atoms with Crippen molar-refractivity contribution in [1.82, 2.24) is 9.97 Å². The molecule has 34 heavy (non-hydrogen) atoms. The zero-order chi connectivity index (χ0) is 24.1.